The third-order valence-corrected chi connectivity index (χ3v) is 5.38. The first-order valence-electron chi connectivity index (χ1n) is 7.55. The largest absolute Gasteiger partial charge is 0.295 e. The quantitative estimate of drug-likeness (QED) is 0.576. The summed E-state index contributed by atoms with van der Waals surface area (Å²) in [5.74, 6) is 1.91. The summed E-state index contributed by atoms with van der Waals surface area (Å²) in [6, 6.07) is 16.9. The maximum absolute atomic E-state index is 11.3. The molecule has 0 aromatic heterocycles. The first-order valence-corrected chi connectivity index (χ1v) is 8.54. The molecule has 1 aliphatic rings. The van der Waals surface area contributed by atoms with Gasteiger partial charge in [0.1, 0.15) is 0 Å². The van der Waals surface area contributed by atoms with E-state index in [1.807, 2.05) is 23.9 Å². The molecule has 1 atom stereocenters. The number of hydrogen-bond acceptors (Lipinski definition) is 2. The monoisotopic (exact) mass is 296 g/mol. The predicted molar refractivity (Wildman–Crippen MR) is 89.3 cm³/mol. The number of Topliss-reactive ketones (excluding diaryl/α,β-unsaturated/α-hetero) is 1. The lowest BCUT2D eigenvalue weighted by atomic mass is 9.84. The molecule has 1 nitrogen and oxygen atoms in total. The molecule has 108 valence electrons. The van der Waals surface area contributed by atoms with Gasteiger partial charge >= 0.3 is 0 Å². The van der Waals surface area contributed by atoms with Crippen molar-refractivity contribution in [3.05, 3.63) is 65.2 Å². The average molecular weight is 296 g/mol. The van der Waals surface area contributed by atoms with E-state index in [4.69, 9.17) is 0 Å². The standard InChI is InChI=1S/C19H20OS/c1-14(20)15-9-11-18(12-10-15)21-13-17-7-4-6-16-5-2-3-8-19(16)17/h2-3,5,8-12,17H,4,6-7,13H2,1H3. The van der Waals surface area contributed by atoms with Crippen LogP contribution in [0.15, 0.2) is 53.4 Å². The minimum Gasteiger partial charge on any atom is -0.295 e. The fourth-order valence-corrected chi connectivity index (χ4v) is 4.08. The normalized spacial score (nSPS) is 17.3. The molecule has 3 rings (SSSR count). The Kier molecular flexibility index (Phi) is 4.45. The van der Waals surface area contributed by atoms with Crippen molar-refractivity contribution in [2.24, 2.45) is 0 Å². The highest BCUT2D eigenvalue weighted by Crippen LogP contribution is 2.35. The molecule has 0 bridgehead atoms. The van der Waals surface area contributed by atoms with Gasteiger partial charge in [-0.2, -0.15) is 0 Å². The van der Waals surface area contributed by atoms with Gasteiger partial charge in [0.2, 0.25) is 0 Å². The van der Waals surface area contributed by atoms with Crippen LogP contribution in [0.25, 0.3) is 0 Å². The van der Waals surface area contributed by atoms with Gasteiger partial charge in [0.15, 0.2) is 5.78 Å². The van der Waals surface area contributed by atoms with Crippen LogP contribution >= 0.6 is 11.8 Å². The lowest BCUT2D eigenvalue weighted by Crippen LogP contribution is -2.11. The molecule has 2 aromatic carbocycles. The Morgan fingerprint density at radius 3 is 2.67 bits per heavy atom. The fraction of sp³-hybridized carbons (Fsp3) is 0.316. The molecule has 2 heteroatoms. The zero-order valence-electron chi connectivity index (χ0n) is 12.3. The Morgan fingerprint density at radius 2 is 1.90 bits per heavy atom. The second-order valence-corrected chi connectivity index (χ2v) is 6.77. The maximum Gasteiger partial charge on any atom is 0.159 e. The van der Waals surface area contributed by atoms with Crippen LogP contribution in [0, 0.1) is 0 Å². The van der Waals surface area contributed by atoms with Crippen LogP contribution in [-0.2, 0) is 6.42 Å². The van der Waals surface area contributed by atoms with Crippen molar-refractivity contribution < 1.29 is 4.79 Å². The number of hydrogen-bond donors (Lipinski definition) is 0. The lowest BCUT2D eigenvalue weighted by molar-refractivity contribution is 0.101. The van der Waals surface area contributed by atoms with Crippen LogP contribution < -0.4 is 0 Å². The van der Waals surface area contributed by atoms with Crippen LogP contribution in [0.5, 0.6) is 0 Å². The van der Waals surface area contributed by atoms with Crippen molar-refractivity contribution in [3.63, 3.8) is 0 Å². The summed E-state index contributed by atoms with van der Waals surface area (Å²) in [5, 5.41) is 0. The molecule has 1 unspecified atom stereocenters. The van der Waals surface area contributed by atoms with Crippen LogP contribution in [0.4, 0.5) is 0 Å². The van der Waals surface area contributed by atoms with Crippen molar-refractivity contribution in [2.75, 3.05) is 5.75 Å². The van der Waals surface area contributed by atoms with Gasteiger partial charge in [0.25, 0.3) is 0 Å². The highest BCUT2D eigenvalue weighted by atomic mass is 32.2. The molecule has 0 N–H and O–H groups in total. The molecule has 0 heterocycles. The van der Waals surface area contributed by atoms with Crippen LogP contribution in [0.1, 0.15) is 47.2 Å². The summed E-state index contributed by atoms with van der Waals surface area (Å²) in [5.41, 5.74) is 3.86. The summed E-state index contributed by atoms with van der Waals surface area (Å²) in [7, 11) is 0. The Hall–Kier alpha value is -1.54. The number of aryl methyl sites for hydroxylation is 1. The Labute approximate surface area is 130 Å². The molecule has 0 saturated carbocycles. The van der Waals surface area contributed by atoms with E-state index in [0.29, 0.717) is 5.92 Å². The summed E-state index contributed by atoms with van der Waals surface area (Å²) in [6.45, 7) is 1.61. The van der Waals surface area contributed by atoms with Crippen molar-refractivity contribution in [2.45, 2.75) is 37.0 Å². The second-order valence-electron chi connectivity index (χ2n) is 5.68. The molecule has 21 heavy (non-hydrogen) atoms. The van der Waals surface area contributed by atoms with E-state index in [1.54, 1.807) is 6.92 Å². The number of rotatable bonds is 4. The second kappa shape index (κ2) is 6.48. The van der Waals surface area contributed by atoms with Gasteiger partial charge in [0.05, 0.1) is 0 Å². The van der Waals surface area contributed by atoms with E-state index < -0.39 is 0 Å². The van der Waals surface area contributed by atoms with E-state index in [9.17, 15) is 4.79 Å². The van der Waals surface area contributed by atoms with Gasteiger partial charge in [-0.3, -0.25) is 4.79 Å². The molecule has 0 fully saturated rings. The van der Waals surface area contributed by atoms with Crippen LogP contribution in [0.3, 0.4) is 0 Å². The number of fused-ring (bicyclic) bond motifs is 1. The van der Waals surface area contributed by atoms with Crippen LogP contribution in [-0.4, -0.2) is 11.5 Å². The van der Waals surface area contributed by atoms with E-state index in [0.717, 1.165) is 11.3 Å². The predicted octanol–water partition coefficient (Wildman–Crippen LogP) is 5.10. The van der Waals surface area contributed by atoms with Gasteiger partial charge in [-0.1, -0.05) is 36.4 Å². The van der Waals surface area contributed by atoms with E-state index in [2.05, 4.69) is 36.4 Å². The Morgan fingerprint density at radius 1 is 1.14 bits per heavy atom. The number of carbonyl (C=O) groups excluding carboxylic acids is 1. The fourth-order valence-electron chi connectivity index (χ4n) is 3.01. The van der Waals surface area contributed by atoms with Crippen molar-refractivity contribution in [1.82, 2.24) is 0 Å². The highest BCUT2D eigenvalue weighted by molar-refractivity contribution is 7.99. The Bertz CT molecular complexity index is 630. The van der Waals surface area contributed by atoms with Crippen molar-refractivity contribution >= 4 is 17.5 Å². The topological polar surface area (TPSA) is 17.1 Å². The third kappa shape index (κ3) is 3.38. The van der Waals surface area contributed by atoms with Crippen molar-refractivity contribution in [3.8, 4) is 0 Å². The van der Waals surface area contributed by atoms with Gasteiger partial charge in [-0.15, -0.1) is 11.8 Å². The molecule has 2 aromatic rings. The molecule has 0 aliphatic heterocycles. The smallest absolute Gasteiger partial charge is 0.159 e. The first kappa shape index (κ1) is 14.4. The summed E-state index contributed by atoms with van der Waals surface area (Å²) < 4.78 is 0. The van der Waals surface area contributed by atoms with Crippen molar-refractivity contribution in [1.29, 1.82) is 0 Å². The zero-order valence-corrected chi connectivity index (χ0v) is 13.2. The average Bonchev–Trinajstić information content (AvgIpc) is 2.53. The number of carbonyl (C=O) groups is 1. The number of thioether (sulfide) groups is 1. The summed E-state index contributed by atoms with van der Waals surface area (Å²) in [6.07, 6.45) is 3.81. The van der Waals surface area contributed by atoms with E-state index in [1.165, 1.54) is 35.3 Å². The van der Waals surface area contributed by atoms with E-state index >= 15 is 0 Å². The number of ketones is 1. The molecule has 0 saturated heterocycles. The molecular weight excluding hydrogens is 276 g/mol. The molecule has 0 radical (unpaired) electrons. The summed E-state index contributed by atoms with van der Waals surface area (Å²) in [4.78, 5) is 12.5. The SMILES string of the molecule is CC(=O)c1ccc(SCC2CCCc3ccccc32)cc1. The van der Waals surface area contributed by atoms with Crippen LogP contribution in [0.2, 0.25) is 0 Å². The first-order chi connectivity index (χ1) is 10.2. The van der Waals surface area contributed by atoms with Gasteiger partial charge in [-0.05, 0) is 55.4 Å². The molecular formula is C19H20OS. The lowest BCUT2D eigenvalue weighted by Gasteiger charge is -2.25. The molecule has 0 spiro atoms. The Balaban J connectivity index is 1.67. The number of benzene rings is 2. The molecule has 1 aliphatic carbocycles. The van der Waals surface area contributed by atoms with Gasteiger partial charge in [-0.25, -0.2) is 0 Å². The highest BCUT2D eigenvalue weighted by Gasteiger charge is 2.19. The van der Waals surface area contributed by atoms with Gasteiger partial charge in [0, 0.05) is 16.2 Å². The van der Waals surface area contributed by atoms with E-state index in [-0.39, 0.29) is 5.78 Å². The minimum absolute atomic E-state index is 0.132. The maximum atomic E-state index is 11.3. The van der Waals surface area contributed by atoms with Gasteiger partial charge < -0.3 is 0 Å². The molecule has 0 amide bonds. The minimum atomic E-state index is 0.132. The third-order valence-electron chi connectivity index (χ3n) is 4.21. The summed E-state index contributed by atoms with van der Waals surface area (Å²) >= 11 is 1.90. The zero-order chi connectivity index (χ0) is 14.7.